The number of hydrogen-bond donors (Lipinski definition) is 3. The molecule has 0 bridgehead atoms. The highest BCUT2D eigenvalue weighted by Gasteiger charge is 2.58. The minimum absolute atomic E-state index is 0.0504. The second-order valence-electron chi connectivity index (χ2n) is 5.33. The lowest BCUT2D eigenvalue weighted by atomic mass is 10.1. The third-order valence-electron chi connectivity index (χ3n) is 3.46. The first-order valence-corrected chi connectivity index (χ1v) is 7.40. The molecule has 0 saturated heterocycles. The van der Waals surface area contributed by atoms with E-state index in [2.05, 4.69) is 10.6 Å². The van der Waals surface area contributed by atoms with Gasteiger partial charge in [0, 0.05) is 16.9 Å². The number of nitrogens with one attached hydrogen (secondary N) is 3. The van der Waals surface area contributed by atoms with Crippen LogP contribution in [-0.4, -0.2) is 12.1 Å². The molecule has 0 unspecified atom stereocenters. The monoisotopic (exact) mass is 357 g/mol. The van der Waals surface area contributed by atoms with Crippen molar-refractivity contribution in [3.63, 3.8) is 0 Å². The number of benzene rings is 2. The lowest BCUT2D eigenvalue weighted by Crippen LogP contribution is -2.33. The summed E-state index contributed by atoms with van der Waals surface area (Å²) in [6, 6.07) is 11.0. The molecule has 0 aliphatic rings. The van der Waals surface area contributed by atoms with Crippen molar-refractivity contribution in [1.29, 1.82) is 5.41 Å². The third kappa shape index (κ3) is 4.46. The molecule has 0 heterocycles. The topological polar surface area (TPSA) is 47.9 Å². The first-order chi connectivity index (χ1) is 11.6. The van der Waals surface area contributed by atoms with Crippen LogP contribution in [0.25, 0.3) is 0 Å². The molecule has 2 rings (SSSR count). The van der Waals surface area contributed by atoms with Crippen LogP contribution in [0.3, 0.4) is 0 Å². The van der Waals surface area contributed by atoms with Gasteiger partial charge in [-0.1, -0.05) is 31.2 Å². The van der Waals surface area contributed by atoms with Gasteiger partial charge in [-0.25, -0.2) is 0 Å². The molecular weight excluding hydrogens is 341 g/mol. The molecule has 0 radical (unpaired) electrons. The number of guanidine groups is 1. The Balaban J connectivity index is 2.12. The van der Waals surface area contributed by atoms with Crippen molar-refractivity contribution >= 4 is 17.3 Å². The average molecular weight is 357 g/mol. The van der Waals surface area contributed by atoms with E-state index in [1.165, 1.54) is 6.07 Å². The molecule has 8 heteroatoms. The number of aryl methyl sites for hydroxylation is 1. The van der Waals surface area contributed by atoms with Crippen molar-refractivity contribution in [3.05, 3.63) is 59.7 Å². The lowest BCUT2D eigenvalue weighted by molar-refractivity contribution is -0.289. The van der Waals surface area contributed by atoms with Crippen LogP contribution in [-0.2, 0) is 12.3 Å². The number of hydrogen-bond acceptors (Lipinski definition) is 1. The zero-order valence-electron chi connectivity index (χ0n) is 13.2. The van der Waals surface area contributed by atoms with Crippen LogP contribution < -0.4 is 10.6 Å². The molecule has 2 aromatic carbocycles. The van der Waals surface area contributed by atoms with Gasteiger partial charge in [0.2, 0.25) is 0 Å². The van der Waals surface area contributed by atoms with Gasteiger partial charge in [0.1, 0.15) is 0 Å². The van der Waals surface area contributed by atoms with Gasteiger partial charge in [0.15, 0.2) is 5.96 Å². The summed E-state index contributed by atoms with van der Waals surface area (Å²) < 4.78 is 64.1. The maximum atomic E-state index is 13.4. The molecule has 0 aliphatic heterocycles. The molecule has 0 atom stereocenters. The molecule has 0 aliphatic carbocycles. The summed E-state index contributed by atoms with van der Waals surface area (Å²) in [5.74, 6) is -5.21. The van der Waals surface area contributed by atoms with Gasteiger partial charge in [0.25, 0.3) is 0 Å². The molecule has 2 aromatic rings. The molecular formula is C17H16F5N3. The van der Waals surface area contributed by atoms with Gasteiger partial charge in [0.05, 0.1) is 0 Å². The summed E-state index contributed by atoms with van der Waals surface area (Å²) >= 11 is 0. The number of anilines is 2. The molecule has 25 heavy (non-hydrogen) atoms. The Kier molecular flexibility index (Phi) is 5.30. The van der Waals surface area contributed by atoms with E-state index in [-0.39, 0.29) is 11.6 Å². The van der Waals surface area contributed by atoms with Crippen molar-refractivity contribution in [2.75, 3.05) is 10.6 Å². The minimum atomic E-state index is -5.68. The maximum absolute atomic E-state index is 13.4. The number of rotatable bonds is 4. The molecule has 0 spiro atoms. The van der Waals surface area contributed by atoms with Crippen molar-refractivity contribution in [3.8, 4) is 0 Å². The number of halogens is 5. The van der Waals surface area contributed by atoms with Crippen LogP contribution in [0.1, 0.15) is 18.1 Å². The van der Waals surface area contributed by atoms with Gasteiger partial charge in [-0.2, -0.15) is 22.0 Å². The Morgan fingerprint density at radius 1 is 0.920 bits per heavy atom. The second-order valence-corrected chi connectivity index (χ2v) is 5.33. The fraction of sp³-hybridized carbons (Fsp3) is 0.235. The zero-order chi connectivity index (χ0) is 18.7. The highest BCUT2D eigenvalue weighted by Crippen LogP contribution is 2.44. The Labute approximate surface area is 141 Å². The van der Waals surface area contributed by atoms with Gasteiger partial charge < -0.3 is 10.6 Å². The van der Waals surface area contributed by atoms with Gasteiger partial charge in [-0.05, 0) is 36.2 Å². The molecule has 0 saturated carbocycles. The third-order valence-corrected chi connectivity index (χ3v) is 3.46. The highest BCUT2D eigenvalue weighted by atomic mass is 19.4. The Bertz CT molecular complexity index is 756. The normalized spacial score (nSPS) is 11.9. The highest BCUT2D eigenvalue weighted by molar-refractivity contribution is 6.01. The van der Waals surface area contributed by atoms with Gasteiger partial charge in [-0.15, -0.1) is 0 Å². The largest absolute Gasteiger partial charge is 0.458 e. The summed E-state index contributed by atoms with van der Waals surface area (Å²) in [4.78, 5) is 0. The fourth-order valence-corrected chi connectivity index (χ4v) is 2.14. The number of alkyl halides is 5. The molecule has 0 fully saturated rings. The minimum Gasteiger partial charge on any atom is -0.326 e. The van der Waals surface area contributed by atoms with Crippen LogP contribution in [0.15, 0.2) is 48.5 Å². The first kappa shape index (κ1) is 18.7. The van der Waals surface area contributed by atoms with E-state index in [0.717, 1.165) is 18.1 Å². The van der Waals surface area contributed by atoms with Crippen LogP contribution in [0, 0.1) is 5.41 Å². The van der Waals surface area contributed by atoms with E-state index >= 15 is 0 Å². The molecule has 134 valence electrons. The SMILES string of the molecule is CCc1cccc(NC(=N)Nc2cccc(C(F)(F)C(F)(F)F)c2)c1. The molecule has 3 N–H and O–H groups in total. The van der Waals surface area contributed by atoms with Gasteiger partial charge in [-0.3, -0.25) is 5.41 Å². The fourth-order valence-electron chi connectivity index (χ4n) is 2.14. The van der Waals surface area contributed by atoms with Crippen molar-refractivity contribution < 1.29 is 22.0 Å². The standard InChI is InChI=1S/C17H16F5N3/c1-2-11-5-3-7-13(9-11)24-15(23)25-14-8-4-6-12(10-14)16(18,19)17(20,21)22/h3-10H,2H2,1H3,(H3,23,24,25). The lowest BCUT2D eigenvalue weighted by Gasteiger charge is -2.20. The summed E-state index contributed by atoms with van der Waals surface area (Å²) in [5, 5.41) is 13.0. The summed E-state index contributed by atoms with van der Waals surface area (Å²) in [7, 11) is 0. The Morgan fingerprint density at radius 2 is 1.48 bits per heavy atom. The van der Waals surface area contributed by atoms with E-state index in [4.69, 9.17) is 5.41 Å². The Morgan fingerprint density at radius 3 is 2.04 bits per heavy atom. The van der Waals surface area contributed by atoms with E-state index in [9.17, 15) is 22.0 Å². The van der Waals surface area contributed by atoms with E-state index < -0.39 is 17.7 Å². The molecule has 0 aromatic heterocycles. The first-order valence-electron chi connectivity index (χ1n) is 7.40. The quantitative estimate of drug-likeness (QED) is 0.392. The summed E-state index contributed by atoms with van der Waals surface area (Å²) in [6.45, 7) is 1.97. The van der Waals surface area contributed by atoms with E-state index in [0.29, 0.717) is 17.8 Å². The molecule has 0 amide bonds. The van der Waals surface area contributed by atoms with Crippen LogP contribution >= 0.6 is 0 Å². The maximum Gasteiger partial charge on any atom is 0.458 e. The zero-order valence-corrected chi connectivity index (χ0v) is 13.2. The van der Waals surface area contributed by atoms with Crippen molar-refractivity contribution in [2.24, 2.45) is 0 Å². The van der Waals surface area contributed by atoms with E-state index in [1.807, 2.05) is 19.1 Å². The summed E-state index contributed by atoms with van der Waals surface area (Å²) in [5.41, 5.74) is 0.398. The van der Waals surface area contributed by atoms with Crippen LogP contribution in [0.4, 0.5) is 33.3 Å². The van der Waals surface area contributed by atoms with Crippen molar-refractivity contribution in [1.82, 2.24) is 0 Å². The van der Waals surface area contributed by atoms with Crippen molar-refractivity contribution in [2.45, 2.75) is 25.4 Å². The average Bonchev–Trinajstić information content (AvgIpc) is 2.54. The van der Waals surface area contributed by atoms with Crippen LogP contribution in [0.2, 0.25) is 0 Å². The Hall–Kier alpha value is -2.64. The second kappa shape index (κ2) is 7.08. The van der Waals surface area contributed by atoms with Gasteiger partial charge >= 0.3 is 12.1 Å². The summed E-state index contributed by atoms with van der Waals surface area (Å²) in [6.07, 6.45) is -4.89. The molecule has 3 nitrogen and oxygen atoms in total. The predicted molar refractivity (Wildman–Crippen MR) is 87.2 cm³/mol. The smallest absolute Gasteiger partial charge is 0.326 e. The van der Waals surface area contributed by atoms with E-state index in [1.54, 1.807) is 12.1 Å². The predicted octanol–water partition coefficient (Wildman–Crippen LogP) is 5.36. The van der Waals surface area contributed by atoms with Crippen LogP contribution in [0.5, 0.6) is 0 Å².